The first-order valence-electron chi connectivity index (χ1n) is 10.9. The lowest BCUT2D eigenvalue weighted by atomic mass is 9.98. The second-order valence-corrected chi connectivity index (χ2v) is 7.82. The molecule has 2 aromatic heterocycles. The van der Waals surface area contributed by atoms with Crippen LogP contribution in [0.5, 0.6) is 0 Å². The van der Waals surface area contributed by atoms with Gasteiger partial charge in [-0.1, -0.05) is 71.9 Å². The summed E-state index contributed by atoms with van der Waals surface area (Å²) < 4.78 is 5.35. The van der Waals surface area contributed by atoms with Crippen molar-refractivity contribution in [1.82, 2.24) is 25.4 Å². The predicted molar refractivity (Wildman–Crippen MR) is 125 cm³/mol. The summed E-state index contributed by atoms with van der Waals surface area (Å²) in [6.07, 6.45) is 3.19. The van der Waals surface area contributed by atoms with E-state index in [0.717, 1.165) is 27.7 Å². The van der Waals surface area contributed by atoms with E-state index in [0.29, 0.717) is 31.0 Å². The van der Waals surface area contributed by atoms with Crippen LogP contribution in [0, 0.1) is 0 Å². The van der Waals surface area contributed by atoms with E-state index in [1.54, 1.807) is 6.33 Å². The molecule has 2 heterocycles. The highest BCUT2D eigenvalue weighted by molar-refractivity contribution is 5.78. The summed E-state index contributed by atoms with van der Waals surface area (Å²) in [5.41, 5.74) is 4.76. The zero-order valence-corrected chi connectivity index (χ0v) is 17.9. The van der Waals surface area contributed by atoms with Crippen LogP contribution < -0.4 is 5.32 Å². The highest BCUT2D eigenvalue weighted by Gasteiger charge is 2.18. The summed E-state index contributed by atoms with van der Waals surface area (Å²) in [6, 6.07) is 25.4. The number of carbonyl (C=O) groups excluding carboxylic acids is 1. The molecule has 0 aliphatic carbocycles. The summed E-state index contributed by atoms with van der Waals surface area (Å²) in [6.45, 7) is 0. The Kier molecular flexibility index (Phi) is 5.93. The Balaban J connectivity index is 1.24. The molecule has 5 rings (SSSR count). The fourth-order valence-corrected chi connectivity index (χ4v) is 3.83. The zero-order chi connectivity index (χ0) is 22.5. The second kappa shape index (κ2) is 9.48. The van der Waals surface area contributed by atoms with Gasteiger partial charge in [0.15, 0.2) is 0 Å². The number of imidazole rings is 1. The third-order valence-corrected chi connectivity index (χ3v) is 5.51. The standard InChI is InChI=1S/C26H23N5O2/c32-23(12-7-13-24-30-26(31-33-24)19-10-5-2-6-11-19)29-25(18-8-3-1-4-9-18)20-14-15-21-22(16-20)28-17-27-21/h1-6,8-11,14-17,25H,7,12-13H2,(H,27,28)(H,29,32)/t25-/m1/s1. The number of amides is 1. The van der Waals surface area contributed by atoms with Crippen molar-refractivity contribution in [2.24, 2.45) is 0 Å². The fraction of sp³-hybridized carbons (Fsp3) is 0.154. The van der Waals surface area contributed by atoms with Crippen molar-refractivity contribution in [3.8, 4) is 11.4 Å². The molecule has 5 aromatic rings. The van der Waals surface area contributed by atoms with Crippen molar-refractivity contribution in [2.45, 2.75) is 25.3 Å². The van der Waals surface area contributed by atoms with Gasteiger partial charge in [0.2, 0.25) is 17.6 Å². The number of hydrogen-bond donors (Lipinski definition) is 2. The minimum Gasteiger partial charge on any atom is -0.345 e. The maximum atomic E-state index is 12.8. The lowest BCUT2D eigenvalue weighted by Crippen LogP contribution is -2.29. The third kappa shape index (κ3) is 4.82. The highest BCUT2D eigenvalue weighted by Crippen LogP contribution is 2.25. The van der Waals surface area contributed by atoms with E-state index in [1.807, 2.05) is 78.9 Å². The van der Waals surface area contributed by atoms with E-state index in [-0.39, 0.29) is 11.9 Å². The summed E-state index contributed by atoms with van der Waals surface area (Å²) in [5, 5.41) is 7.22. The number of carbonyl (C=O) groups is 1. The number of fused-ring (bicyclic) bond motifs is 1. The van der Waals surface area contributed by atoms with Crippen LogP contribution in [-0.4, -0.2) is 26.0 Å². The maximum absolute atomic E-state index is 12.8. The molecule has 0 spiro atoms. The van der Waals surface area contributed by atoms with E-state index in [4.69, 9.17) is 4.52 Å². The van der Waals surface area contributed by atoms with E-state index < -0.39 is 0 Å². The van der Waals surface area contributed by atoms with Crippen LogP contribution in [0.4, 0.5) is 0 Å². The molecule has 7 heteroatoms. The Morgan fingerprint density at radius 2 is 1.76 bits per heavy atom. The van der Waals surface area contributed by atoms with Gasteiger partial charge in [0, 0.05) is 18.4 Å². The normalized spacial score (nSPS) is 12.0. The lowest BCUT2D eigenvalue weighted by molar-refractivity contribution is -0.121. The average Bonchev–Trinajstić information content (AvgIpc) is 3.53. The van der Waals surface area contributed by atoms with Crippen LogP contribution in [0.2, 0.25) is 0 Å². The van der Waals surface area contributed by atoms with Crippen LogP contribution in [0.15, 0.2) is 89.7 Å². The Hall–Kier alpha value is -4.26. The summed E-state index contributed by atoms with van der Waals surface area (Å²) in [4.78, 5) is 24.7. The Morgan fingerprint density at radius 3 is 2.58 bits per heavy atom. The topological polar surface area (TPSA) is 96.7 Å². The lowest BCUT2D eigenvalue weighted by Gasteiger charge is -2.20. The molecular formula is C26H23N5O2. The van der Waals surface area contributed by atoms with Crippen LogP contribution in [0.25, 0.3) is 22.4 Å². The third-order valence-electron chi connectivity index (χ3n) is 5.51. The van der Waals surface area contributed by atoms with Gasteiger partial charge in [-0.25, -0.2) is 4.98 Å². The molecule has 0 unspecified atom stereocenters. The Bertz CT molecular complexity index is 1340. The first-order valence-corrected chi connectivity index (χ1v) is 10.9. The number of aryl methyl sites for hydroxylation is 1. The molecule has 164 valence electrons. The number of aromatic amines is 1. The first-order chi connectivity index (χ1) is 16.3. The summed E-state index contributed by atoms with van der Waals surface area (Å²) in [7, 11) is 0. The molecule has 1 amide bonds. The van der Waals surface area contributed by atoms with Gasteiger partial charge < -0.3 is 14.8 Å². The second-order valence-electron chi connectivity index (χ2n) is 7.82. The van der Waals surface area contributed by atoms with E-state index >= 15 is 0 Å². The molecule has 0 saturated heterocycles. The molecule has 0 aliphatic heterocycles. The van der Waals surface area contributed by atoms with Gasteiger partial charge in [0.1, 0.15) is 0 Å². The highest BCUT2D eigenvalue weighted by atomic mass is 16.5. The molecule has 33 heavy (non-hydrogen) atoms. The molecule has 0 fully saturated rings. The van der Waals surface area contributed by atoms with E-state index in [2.05, 4.69) is 25.4 Å². The van der Waals surface area contributed by atoms with Crippen molar-refractivity contribution in [3.05, 3.63) is 102 Å². The van der Waals surface area contributed by atoms with Crippen LogP contribution in [0.1, 0.15) is 35.9 Å². The van der Waals surface area contributed by atoms with Gasteiger partial charge in [-0.05, 0) is 29.7 Å². The van der Waals surface area contributed by atoms with Crippen LogP contribution in [-0.2, 0) is 11.2 Å². The Morgan fingerprint density at radius 1 is 0.970 bits per heavy atom. The first kappa shape index (κ1) is 20.6. The van der Waals surface area contributed by atoms with Gasteiger partial charge in [-0.15, -0.1) is 0 Å². The minimum atomic E-state index is -0.250. The molecule has 1 atom stereocenters. The average molecular weight is 438 g/mol. The summed E-state index contributed by atoms with van der Waals surface area (Å²) in [5.74, 6) is 1.07. The summed E-state index contributed by atoms with van der Waals surface area (Å²) >= 11 is 0. The molecule has 0 bridgehead atoms. The van der Waals surface area contributed by atoms with Crippen molar-refractivity contribution < 1.29 is 9.32 Å². The molecule has 0 aliphatic rings. The number of H-pyrrole nitrogens is 1. The number of aromatic nitrogens is 4. The number of benzene rings is 3. The molecule has 3 aromatic carbocycles. The molecule has 0 saturated carbocycles. The predicted octanol–water partition coefficient (Wildman–Crippen LogP) is 4.84. The van der Waals surface area contributed by atoms with Gasteiger partial charge in [-0.2, -0.15) is 4.98 Å². The zero-order valence-electron chi connectivity index (χ0n) is 17.9. The molecular weight excluding hydrogens is 414 g/mol. The largest absolute Gasteiger partial charge is 0.345 e. The van der Waals surface area contributed by atoms with E-state index in [1.165, 1.54) is 0 Å². The smallest absolute Gasteiger partial charge is 0.226 e. The van der Waals surface area contributed by atoms with E-state index in [9.17, 15) is 4.79 Å². The quantitative estimate of drug-likeness (QED) is 0.362. The molecule has 7 nitrogen and oxygen atoms in total. The SMILES string of the molecule is O=C(CCCc1nc(-c2ccccc2)no1)N[C@H](c1ccccc1)c1ccc2nc[nH]c2c1. The minimum absolute atomic E-state index is 0.0311. The van der Waals surface area contributed by atoms with Crippen molar-refractivity contribution in [2.75, 3.05) is 0 Å². The molecule has 0 radical (unpaired) electrons. The number of hydrogen-bond acceptors (Lipinski definition) is 5. The van der Waals surface area contributed by atoms with Gasteiger partial charge in [0.25, 0.3) is 0 Å². The number of rotatable bonds is 8. The van der Waals surface area contributed by atoms with Crippen molar-refractivity contribution >= 4 is 16.9 Å². The van der Waals surface area contributed by atoms with Crippen LogP contribution >= 0.6 is 0 Å². The van der Waals surface area contributed by atoms with Crippen molar-refractivity contribution in [3.63, 3.8) is 0 Å². The monoisotopic (exact) mass is 437 g/mol. The van der Waals surface area contributed by atoms with Gasteiger partial charge in [-0.3, -0.25) is 4.79 Å². The fourth-order valence-electron chi connectivity index (χ4n) is 3.83. The van der Waals surface area contributed by atoms with Gasteiger partial charge in [0.05, 0.1) is 23.4 Å². The van der Waals surface area contributed by atoms with Gasteiger partial charge >= 0.3 is 0 Å². The number of nitrogens with zero attached hydrogens (tertiary/aromatic N) is 3. The molecule has 2 N–H and O–H groups in total. The van der Waals surface area contributed by atoms with Crippen LogP contribution in [0.3, 0.4) is 0 Å². The Labute approximate surface area is 190 Å². The van der Waals surface area contributed by atoms with Crippen molar-refractivity contribution in [1.29, 1.82) is 0 Å². The number of nitrogens with one attached hydrogen (secondary N) is 2. The maximum Gasteiger partial charge on any atom is 0.226 e.